The molecule has 0 spiro atoms. The first-order valence-corrected chi connectivity index (χ1v) is 8.22. The molecule has 3 nitrogen and oxygen atoms in total. The summed E-state index contributed by atoms with van der Waals surface area (Å²) >= 11 is 2.84. The summed E-state index contributed by atoms with van der Waals surface area (Å²) in [6, 6.07) is 6.59. The van der Waals surface area contributed by atoms with Crippen LogP contribution in [0.3, 0.4) is 0 Å². The Hall–Kier alpha value is -1.66. The summed E-state index contributed by atoms with van der Waals surface area (Å²) in [7, 11) is 0. The molecule has 0 radical (unpaired) electrons. The smallest absolute Gasteiger partial charge is 0.259 e. The second kappa shape index (κ2) is 5.61. The predicted octanol–water partition coefficient (Wildman–Crippen LogP) is 4.03. The van der Waals surface area contributed by atoms with Gasteiger partial charge in [-0.25, -0.2) is 9.37 Å². The van der Waals surface area contributed by atoms with Gasteiger partial charge in [0.2, 0.25) is 0 Å². The molecule has 0 atom stereocenters. The Balaban J connectivity index is 1.92. The van der Waals surface area contributed by atoms with Crippen molar-refractivity contribution >= 4 is 33.3 Å². The molecule has 3 rings (SSSR count). The van der Waals surface area contributed by atoms with Crippen molar-refractivity contribution in [3.63, 3.8) is 0 Å². The molecule has 3 aromatic rings. The Labute approximate surface area is 129 Å². The van der Waals surface area contributed by atoms with Crippen LogP contribution in [0.4, 0.5) is 4.39 Å². The fourth-order valence-electron chi connectivity index (χ4n) is 2.08. The molecular formula is C15H13FN2OS2. The minimum Gasteiger partial charge on any atom is -0.309 e. The van der Waals surface area contributed by atoms with Crippen molar-refractivity contribution in [3.05, 3.63) is 56.7 Å². The quantitative estimate of drug-likeness (QED) is 0.741. The van der Waals surface area contributed by atoms with E-state index in [1.165, 1.54) is 29.2 Å². The molecule has 0 aliphatic rings. The molecule has 0 bridgehead atoms. The zero-order chi connectivity index (χ0) is 15.0. The number of fused-ring (bicyclic) bond motifs is 1. The number of thiophene rings is 1. The number of aromatic amines is 1. The number of aryl methyl sites for hydroxylation is 2. The number of benzene rings is 1. The number of H-pyrrole nitrogens is 1. The van der Waals surface area contributed by atoms with Crippen molar-refractivity contribution in [2.75, 3.05) is 0 Å². The summed E-state index contributed by atoms with van der Waals surface area (Å²) in [5.41, 5.74) is 0.864. The summed E-state index contributed by atoms with van der Waals surface area (Å²) in [4.78, 5) is 21.8. The van der Waals surface area contributed by atoms with Gasteiger partial charge in [0.25, 0.3) is 5.56 Å². The molecule has 6 heteroatoms. The predicted molar refractivity (Wildman–Crippen MR) is 85.7 cm³/mol. The highest BCUT2D eigenvalue weighted by molar-refractivity contribution is 7.98. The van der Waals surface area contributed by atoms with Crippen molar-refractivity contribution in [2.24, 2.45) is 0 Å². The van der Waals surface area contributed by atoms with E-state index in [0.29, 0.717) is 21.9 Å². The van der Waals surface area contributed by atoms with Crippen LogP contribution >= 0.6 is 23.1 Å². The van der Waals surface area contributed by atoms with Crippen molar-refractivity contribution in [2.45, 2.75) is 24.5 Å². The van der Waals surface area contributed by atoms with Crippen molar-refractivity contribution in [1.29, 1.82) is 0 Å². The number of aromatic nitrogens is 2. The van der Waals surface area contributed by atoms with Gasteiger partial charge in [-0.1, -0.05) is 12.1 Å². The first kappa shape index (κ1) is 14.3. The molecule has 0 fully saturated rings. The highest BCUT2D eigenvalue weighted by Gasteiger charge is 2.12. The molecule has 1 aromatic carbocycles. The number of hydrogen-bond donors (Lipinski definition) is 1. The van der Waals surface area contributed by atoms with E-state index in [1.807, 2.05) is 13.8 Å². The lowest BCUT2D eigenvalue weighted by Gasteiger charge is -2.03. The van der Waals surface area contributed by atoms with Crippen LogP contribution in [-0.4, -0.2) is 9.97 Å². The number of nitrogens with one attached hydrogen (secondary N) is 1. The van der Waals surface area contributed by atoms with Crippen LogP contribution in [0.25, 0.3) is 10.2 Å². The van der Waals surface area contributed by atoms with E-state index in [-0.39, 0.29) is 11.4 Å². The number of halogens is 1. The molecule has 0 saturated heterocycles. The lowest BCUT2D eigenvalue weighted by molar-refractivity contribution is 0.602. The lowest BCUT2D eigenvalue weighted by atomic mass is 10.2. The van der Waals surface area contributed by atoms with Crippen LogP contribution in [0, 0.1) is 19.7 Å². The summed E-state index contributed by atoms with van der Waals surface area (Å²) in [5, 5.41) is 0.664. The highest BCUT2D eigenvalue weighted by atomic mass is 32.2. The summed E-state index contributed by atoms with van der Waals surface area (Å²) in [6.45, 7) is 3.91. The van der Waals surface area contributed by atoms with E-state index >= 15 is 0 Å². The number of rotatable bonds is 3. The maximum atomic E-state index is 13.6. The largest absolute Gasteiger partial charge is 0.309 e. The van der Waals surface area contributed by atoms with E-state index in [1.54, 1.807) is 18.2 Å². The van der Waals surface area contributed by atoms with E-state index in [4.69, 9.17) is 0 Å². The second-order valence-electron chi connectivity index (χ2n) is 4.70. The fourth-order valence-corrected chi connectivity index (χ4v) is 3.93. The Morgan fingerprint density at radius 2 is 2.10 bits per heavy atom. The molecule has 0 aliphatic carbocycles. The van der Waals surface area contributed by atoms with E-state index in [0.717, 1.165) is 15.3 Å². The lowest BCUT2D eigenvalue weighted by Crippen LogP contribution is -2.10. The Morgan fingerprint density at radius 3 is 2.86 bits per heavy atom. The van der Waals surface area contributed by atoms with Gasteiger partial charge in [0.1, 0.15) is 16.5 Å². The zero-order valence-electron chi connectivity index (χ0n) is 11.6. The average Bonchev–Trinajstić information content (AvgIpc) is 2.73. The topological polar surface area (TPSA) is 45.8 Å². The molecule has 0 amide bonds. The van der Waals surface area contributed by atoms with Crippen molar-refractivity contribution < 1.29 is 4.39 Å². The third kappa shape index (κ3) is 2.73. The third-order valence-electron chi connectivity index (χ3n) is 3.29. The third-order valence-corrected chi connectivity index (χ3v) is 5.45. The summed E-state index contributed by atoms with van der Waals surface area (Å²) in [6.07, 6.45) is 0. The first-order chi connectivity index (χ1) is 10.1. The molecule has 0 aliphatic heterocycles. The number of nitrogens with zero attached hydrogens (tertiary/aromatic N) is 1. The molecular weight excluding hydrogens is 307 g/mol. The van der Waals surface area contributed by atoms with Gasteiger partial charge in [0.15, 0.2) is 0 Å². The zero-order valence-corrected chi connectivity index (χ0v) is 13.2. The Morgan fingerprint density at radius 1 is 1.33 bits per heavy atom. The molecule has 21 heavy (non-hydrogen) atoms. The highest BCUT2D eigenvalue weighted by Crippen LogP contribution is 2.27. The first-order valence-electron chi connectivity index (χ1n) is 6.42. The van der Waals surface area contributed by atoms with Crippen LogP contribution in [0.1, 0.15) is 16.3 Å². The number of hydrogen-bond acceptors (Lipinski definition) is 4. The van der Waals surface area contributed by atoms with Gasteiger partial charge in [-0.2, -0.15) is 0 Å². The number of thioether (sulfide) groups is 1. The standard InChI is InChI=1S/C15H13FN2OS2/c1-8-9(2)21-15-13(8)14(19)17-12(18-15)7-20-11-6-4-3-5-10(11)16/h3-6H,7H2,1-2H3,(H,17,18,19). The average molecular weight is 320 g/mol. The minimum atomic E-state index is -0.256. The van der Waals surface area contributed by atoms with E-state index in [2.05, 4.69) is 9.97 Å². The van der Waals surface area contributed by atoms with Gasteiger partial charge < -0.3 is 4.98 Å². The molecule has 0 unspecified atom stereocenters. The van der Waals surface area contributed by atoms with Gasteiger partial charge in [-0.15, -0.1) is 23.1 Å². The molecule has 1 N–H and O–H groups in total. The summed E-state index contributed by atoms with van der Waals surface area (Å²) < 4.78 is 13.6. The second-order valence-corrected chi connectivity index (χ2v) is 6.92. The van der Waals surface area contributed by atoms with Crippen LogP contribution in [0.2, 0.25) is 0 Å². The maximum Gasteiger partial charge on any atom is 0.259 e. The minimum absolute atomic E-state index is 0.119. The van der Waals surface area contributed by atoms with Crippen LogP contribution in [0.15, 0.2) is 34.0 Å². The van der Waals surface area contributed by atoms with Crippen LogP contribution < -0.4 is 5.56 Å². The van der Waals surface area contributed by atoms with Crippen LogP contribution in [0.5, 0.6) is 0 Å². The van der Waals surface area contributed by atoms with Gasteiger partial charge in [0, 0.05) is 9.77 Å². The Kier molecular flexibility index (Phi) is 3.82. The Bertz CT molecular complexity index is 870. The molecule has 0 saturated carbocycles. The van der Waals surface area contributed by atoms with E-state index < -0.39 is 0 Å². The molecule has 2 aromatic heterocycles. The molecule has 2 heterocycles. The summed E-state index contributed by atoms with van der Waals surface area (Å²) in [5.74, 6) is 0.748. The SMILES string of the molecule is Cc1sc2nc(CSc3ccccc3F)[nH]c(=O)c2c1C. The van der Waals surface area contributed by atoms with Gasteiger partial charge in [-0.05, 0) is 31.5 Å². The van der Waals surface area contributed by atoms with Gasteiger partial charge >= 0.3 is 0 Å². The fraction of sp³-hybridized carbons (Fsp3) is 0.200. The maximum absolute atomic E-state index is 13.6. The molecule has 108 valence electrons. The van der Waals surface area contributed by atoms with Crippen molar-refractivity contribution in [3.8, 4) is 0 Å². The van der Waals surface area contributed by atoms with Crippen molar-refractivity contribution in [1.82, 2.24) is 9.97 Å². The van der Waals surface area contributed by atoms with Gasteiger partial charge in [-0.3, -0.25) is 4.79 Å². The monoisotopic (exact) mass is 320 g/mol. The van der Waals surface area contributed by atoms with Crippen LogP contribution in [-0.2, 0) is 5.75 Å². The van der Waals surface area contributed by atoms with E-state index in [9.17, 15) is 9.18 Å². The normalized spacial score (nSPS) is 11.2. The van der Waals surface area contributed by atoms with Gasteiger partial charge in [0.05, 0.1) is 11.1 Å².